The highest BCUT2D eigenvalue weighted by Gasteiger charge is 2.08. The monoisotopic (exact) mass is 339 g/mol. The zero-order chi connectivity index (χ0) is 16.9. The van der Waals surface area contributed by atoms with E-state index in [0.29, 0.717) is 5.75 Å². The number of benzene rings is 3. The predicted molar refractivity (Wildman–Crippen MR) is 93.4 cm³/mol. The van der Waals surface area contributed by atoms with Gasteiger partial charge in [0.1, 0.15) is 5.75 Å². The van der Waals surface area contributed by atoms with Crippen molar-refractivity contribution in [1.29, 1.82) is 0 Å². The summed E-state index contributed by atoms with van der Waals surface area (Å²) in [6.45, 7) is 0. The van der Waals surface area contributed by atoms with Crippen LogP contribution in [-0.2, 0) is 4.79 Å². The predicted octanol–water partition coefficient (Wildman–Crippen LogP) is 4.45. The third-order valence-electron chi connectivity index (χ3n) is 3.36. The van der Waals surface area contributed by atoms with E-state index < -0.39 is 4.92 Å². The second kappa shape index (κ2) is 7.14. The number of nitro groups is 1. The van der Waals surface area contributed by atoms with Gasteiger partial charge in [0.2, 0.25) is 0 Å². The van der Waals surface area contributed by atoms with Gasteiger partial charge in [0.05, 0.1) is 10.7 Å². The molecule has 0 spiro atoms. The Labute approximate surface area is 142 Å². The lowest BCUT2D eigenvalue weighted by atomic mass is 10.1. The zero-order valence-electron chi connectivity index (χ0n) is 12.5. The average molecular weight is 339 g/mol. The van der Waals surface area contributed by atoms with Gasteiger partial charge in [-0.25, -0.2) is 0 Å². The largest absolute Gasteiger partial charge is 0.426 e. The first kappa shape index (κ1) is 16.0. The molecule has 0 bridgehead atoms. The number of carbonyl (C=O) groups is 1. The first-order chi connectivity index (χ1) is 11.6. The van der Waals surface area contributed by atoms with Crippen LogP contribution in [0.3, 0.4) is 0 Å². The Morgan fingerprint density at radius 1 is 1.00 bits per heavy atom. The molecule has 3 rings (SSSR count). The van der Waals surface area contributed by atoms with Crippen LogP contribution in [0, 0.1) is 10.1 Å². The van der Waals surface area contributed by atoms with Crippen LogP contribution in [0.25, 0.3) is 10.8 Å². The van der Waals surface area contributed by atoms with Gasteiger partial charge >= 0.3 is 5.97 Å². The molecule has 0 aliphatic carbocycles. The third-order valence-corrected chi connectivity index (χ3v) is 4.34. The zero-order valence-corrected chi connectivity index (χ0v) is 13.4. The lowest BCUT2D eigenvalue weighted by Gasteiger charge is -2.06. The van der Waals surface area contributed by atoms with Crippen LogP contribution >= 0.6 is 11.8 Å². The SMILES string of the molecule is O=C(CSc1ccc([N+](=O)[O-])cc1)Oc1ccc2ccccc2c1. The van der Waals surface area contributed by atoms with E-state index in [1.54, 1.807) is 18.2 Å². The Hall–Kier alpha value is -2.86. The van der Waals surface area contributed by atoms with E-state index in [9.17, 15) is 14.9 Å². The molecule has 0 unspecified atom stereocenters. The van der Waals surface area contributed by atoms with Crippen LogP contribution in [0.5, 0.6) is 5.75 Å². The van der Waals surface area contributed by atoms with Crippen molar-refractivity contribution >= 4 is 34.2 Å². The number of thioether (sulfide) groups is 1. The molecule has 0 heterocycles. The van der Waals surface area contributed by atoms with E-state index in [-0.39, 0.29) is 17.4 Å². The van der Waals surface area contributed by atoms with Crippen LogP contribution < -0.4 is 4.74 Å². The van der Waals surface area contributed by atoms with Gasteiger partial charge in [-0.15, -0.1) is 11.8 Å². The molecule has 0 aliphatic heterocycles. The van der Waals surface area contributed by atoms with Crippen molar-refractivity contribution in [2.75, 3.05) is 5.75 Å². The molecule has 0 fully saturated rings. The molecule has 0 amide bonds. The summed E-state index contributed by atoms with van der Waals surface area (Å²) >= 11 is 1.27. The number of nitro benzene ring substituents is 1. The maximum Gasteiger partial charge on any atom is 0.321 e. The molecule has 0 aliphatic rings. The molecular formula is C18H13NO4S. The van der Waals surface area contributed by atoms with Gasteiger partial charge in [0.25, 0.3) is 5.69 Å². The maximum absolute atomic E-state index is 11.9. The normalized spacial score (nSPS) is 10.5. The number of esters is 1. The molecular weight excluding hydrogens is 326 g/mol. The van der Waals surface area contributed by atoms with Crippen LogP contribution in [0.4, 0.5) is 5.69 Å². The number of ether oxygens (including phenoxy) is 1. The molecule has 0 N–H and O–H groups in total. The maximum atomic E-state index is 11.9. The van der Waals surface area contributed by atoms with Gasteiger partial charge in [-0.1, -0.05) is 30.3 Å². The minimum absolute atomic E-state index is 0.0260. The van der Waals surface area contributed by atoms with Crippen LogP contribution in [-0.4, -0.2) is 16.6 Å². The number of hydrogen-bond donors (Lipinski definition) is 0. The van der Waals surface area contributed by atoms with Gasteiger partial charge in [-0.3, -0.25) is 14.9 Å². The van der Waals surface area contributed by atoms with Crippen molar-refractivity contribution < 1.29 is 14.5 Å². The summed E-state index contributed by atoms with van der Waals surface area (Å²) in [5, 5.41) is 12.7. The van der Waals surface area contributed by atoms with Crippen LogP contribution in [0.2, 0.25) is 0 Å². The summed E-state index contributed by atoms with van der Waals surface area (Å²) in [7, 11) is 0. The highest BCUT2D eigenvalue weighted by atomic mass is 32.2. The fraction of sp³-hybridized carbons (Fsp3) is 0.0556. The second-order valence-electron chi connectivity index (χ2n) is 5.02. The van der Waals surface area contributed by atoms with Crippen molar-refractivity contribution in [1.82, 2.24) is 0 Å². The van der Waals surface area contributed by atoms with Crippen molar-refractivity contribution in [2.24, 2.45) is 0 Å². The van der Waals surface area contributed by atoms with Gasteiger partial charge in [0.15, 0.2) is 0 Å². The molecule has 0 radical (unpaired) electrons. The Morgan fingerprint density at radius 2 is 1.71 bits per heavy atom. The quantitative estimate of drug-likeness (QED) is 0.226. The third kappa shape index (κ3) is 3.91. The molecule has 3 aromatic rings. The van der Waals surface area contributed by atoms with E-state index in [2.05, 4.69) is 0 Å². The molecule has 6 heteroatoms. The fourth-order valence-electron chi connectivity index (χ4n) is 2.20. The average Bonchev–Trinajstić information content (AvgIpc) is 2.60. The number of rotatable bonds is 5. The van der Waals surface area contributed by atoms with Crippen molar-refractivity contribution in [3.8, 4) is 5.75 Å². The van der Waals surface area contributed by atoms with Gasteiger partial charge < -0.3 is 4.74 Å². The van der Waals surface area contributed by atoms with E-state index in [1.165, 1.54) is 23.9 Å². The fourth-order valence-corrected chi connectivity index (χ4v) is 2.87. The summed E-state index contributed by atoms with van der Waals surface area (Å²) in [5.41, 5.74) is 0.0260. The minimum Gasteiger partial charge on any atom is -0.426 e. The summed E-state index contributed by atoms with van der Waals surface area (Å²) in [6.07, 6.45) is 0. The Balaban J connectivity index is 1.59. The summed E-state index contributed by atoms with van der Waals surface area (Å²) in [4.78, 5) is 22.9. The number of non-ortho nitro benzene ring substituents is 1. The molecule has 0 saturated heterocycles. The highest BCUT2D eigenvalue weighted by molar-refractivity contribution is 8.00. The van der Waals surface area contributed by atoms with Gasteiger partial charge in [0, 0.05) is 17.0 Å². The van der Waals surface area contributed by atoms with E-state index in [4.69, 9.17) is 4.74 Å². The minimum atomic E-state index is -0.456. The van der Waals surface area contributed by atoms with Crippen LogP contribution in [0.15, 0.2) is 71.6 Å². The van der Waals surface area contributed by atoms with Crippen molar-refractivity contribution in [3.63, 3.8) is 0 Å². The highest BCUT2D eigenvalue weighted by Crippen LogP contribution is 2.23. The second-order valence-corrected chi connectivity index (χ2v) is 6.07. The van der Waals surface area contributed by atoms with Crippen molar-refractivity contribution in [3.05, 3.63) is 76.8 Å². The summed E-state index contributed by atoms with van der Waals surface area (Å²) < 4.78 is 5.34. The molecule has 0 atom stereocenters. The number of carbonyl (C=O) groups excluding carboxylic acids is 1. The summed E-state index contributed by atoms with van der Waals surface area (Å²) in [6, 6.07) is 19.4. The lowest BCUT2D eigenvalue weighted by Crippen LogP contribution is -2.10. The Bertz CT molecular complexity index is 893. The standard InChI is InChI=1S/C18H13NO4S/c20-18(12-24-17-9-6-15(7-10-17)19(21)22)23-16-8-5-13-3-1-2-4-14(13)11-16/h1-11H,12H2. The number of fused-ring (bicyclic) bond motifs is 1. The summed E-state index contributed by atoms with van der Waals surface area (Å²) in [5.74, 6) is 0.265. The Morgan fingerprint density at radius 3 is 2.42 bits per heavy atom. The lowest BCUT2D eigenvalue weighted by molar-refractivity contribution is -0.384. The van der Waals surface area contributed by atoms with Gasteiger partial charge in [-0.05, 0) is 35.0 Å². The smallest absolute Gasteiger partial charge is 0.321 e. The molecule has 5 nitrogen and oxygen atoms in total. The molecule has 0 aromatic heterocycles. The van der Waals surface area contributed by atoms with E-state index in [1.807, 2.05) is 36.4 Å². The topological polar surface area (TPSA) is 69.4 Å². The van der Waals surface area contributed by atoms with Crippen molar-refractivity contribution in [2.45, 2.75) is 4.90 Å². The molecule has 3 aromatic carbocycles. The molecule has 0 saturated carbocycles. The molecule has 24 heavy (non-hydrogen) atoms. The Kier molecular flexibility index (Phi) is 4.77. The van der Waals surface area contributed by atoms with E-state index in [0.717, 1.165) is 15.7 Å². The van der Waals surface area contributed by atoms with Crippen LogP contribution in [0.1, 0.15) is 0 Å². The van der Waals surface area contributed by atoms with Gasteiger partial charge in [-0.2, -0.15) is 0 Å². The number of hydrogen-bond acceptors (Lipinski definition) is 5. The first-order valence-corrected chi connectivity index (χ1v) is 8.17. The molecule has 120 valence electrons. The van der Waals surface area contributed by atoms with E-state index >= 15 is 0 Å². The number of nitrogens with zero attached hydrogens (tertiary/aromatic N) is 1. The first-order valence-electron chi connectivity index (χ1n) is 7.18.